The van der Waals surface area contributed by atoms with Crippen LogP contribution in [0.15, 0.2) is 25.7 Å². The molecule has 0 aliphatic heterocycles. The first-order valence-electron chi connectivity index (χ1n) is 3.28. The first-order chi connectivity index (χ1) is 4.83. The second-order valence-corrected chi connectivity index (χ2v) is 1.24. The molecule has 0 saturated heterocycles. The molecule has 0 amide bonds. The van der Waals surface area contributed by atoms with Crippen molar-refractivity contribution in [3.05, 3.63) is 25.7 Å². The van der Waals surface area contributed by atoms with E-state index in [1.807, 2.05) is 13.8 Å². The summed E-state index contributed by atoms with van der Waals surface area (Å²) in [5.74, 6) is 0. The van der Waals surface area contributed by atoms with E-state index in [1.54, 1.807) is 0 Å². The zero-order valence-corrected chi connectivity index (χ0v) is 7.30. The summed E-state index contributed by atoms with van der Waals surface area (Å²) in [6.45, 7) is 11.9. The van der Waals surface area contributed by atoms with E-state index in [0.29, 0.717) is 0 Å². The van der Waals surface area contributed by atoms with Gasteiger partial charge < -0.3 is 14.9 Å². The Morgan fingerprint density at radius 2 is 1.27 bits per heavy atom. The highest BCUT2D eigenvalue weighted by Crippen LogP contribution is 1.65. The van der Waals surface area contributed by atoms with Gasteiger partial charge in [0.2, 0.25) is 0 Å². The van der Waals surface area contributed by atoms with Gasteiger partial charge in [0.25, 0.3) is 0 Å². The summed E-state index contributed by atoms with van der Waals surface area (Å²) in [5, 5.41) is 0. The molecule has 0 bridgehead atoms. The van der Waals surface area contributed by atoms with E-state index in [1.165, 1.54) is 12.5 Å². The highest BCUT2D eigenvalue weighted by atomic mass is 16.5. The second kappa shape index (κ2) is 23.0. The normalized spacial score (nSPS) is 6.00. The van der Waals surface area contributed by atoms with Gasteiger partial charge in [-0.25, -0.2) is 0 Å². The molecular formula is C8H18O3. The summed E-state index contributed by atoms with van der Waals surface area (Å²) in [7, 11) is 0. The Kier molecular flexibility index (Phi) is 34.6. The largest absolute Gasteiger partial charge is 0.502 e. The molecule has 0 aromatic carbocycles. The fraction of sp³-hybridized carbons (Fsp3) is 0.500. The average molecular weight is 162 g/mol. The molecule has 0 radical (unpaired) electrons. The summed E-state index contributed by atoms with van der Waals surface area (Å²) in [6.07, 6.45) is 2.86. The Hall–Kier alpha value is -0.960. The summed E-state index contributed by atoms with van der Waals surface area (Å²) in [4.78, 5) is 0. The first kappa shape index (κ1) is 16.6. The molecule has 3 nitrogen and oxygen atoms in total. The maximum absolute atomic E-state index is 4.60. The first-order valence-corrected chi connectivity index (χ1v) is 3.28. The molecule has 0 fully saturated rings. The third kappa shape index (κ3) is 48.5. The SMILES string of the molecule is C=COCC.C=COCC.O. The van der Waals surface area contributed by atoms with Crippen molar-refractivity contribution in [1.82, 2.24) is 0 Å². The van der Waals surface area contributed by atoms with Crippen LogP contribution in [0.5, 0.6) is 0 Å². The Bertz CT molecular complexity index is 61.7. The third-order valence-corrected chi connectivity index (χ3v) is 0.569. The van der Waals surface area contributed by atoms with Crippen molar-refractivity contribution in [3.8, 4) is 0 Å². The molecule has 2 N–H and O–H groups in total. The lowest BCUT2D eigenvalue weighted by atomic mass is 10.9. The van der Waals surface area contributed by atoms with Crippen LogP contribution in [0, 0.1) is 0 Å². The lowest BCUT2D eigenvalue weighted by Crippen LogP contribution is -1.72. The van der Waals surface area contributed by atoms with E-state index in [0.717, 1.165) is 13.2 Å². The zero-order chi connectivity index (χ0) is 8.24. The van der Waals surface area contributed by atoms with E-state index in [2.05, 4.69) is 22.6 Å². The van der Waals surface area contributed by atoms with E-state index in [-0.39, 0.29) is 5.48 Å². The molecule has 0 atom stereocenters. The van der Waals surface area contributed by atoms with Gasteiger partial charge in [-0.05, 0) is 13.8 Å². The van der Waals surface area contributed by atoms with E-state index >= 15 is 0 Å². The predicted molar refractivity (Wildman–Crippen MR) is 47.3 cm³/mol. The maximum atomic E-state index is 4.60. The van der Waals surface area contributed by atoms with Gasteiger partial charge in [-0.2, -0.15) is 0 Å². The molecule has 0 aromatic heterocycles. The highest BCUT2D eigenvalue weighted by Gasteiger charge is 1.56. The van der Waals surface area contributed by atoms with Crippen LogP contribution in [0.3, 0.4) is 0 Å². The lowest BCUT2D eigenvalue weighted by molar-refractivity contribution is 0.270. The van der Waals surface area contributed by atoms with Crippen molar-refractivity contribution in [2.24, 2.45) is 0 Å². The van der Waals surface area contributed by atoms with Crippen molar-refractivity contribution in [2.45, 2.75) is 13.8 Å². The van der Waals surface area contributed by atoms with Crippen LogP contribution < -0.4 is 0 Å². The van der Waals surface area contributed by atoms with E-state index in [4.69, 9.17) is 0 Å². The highest BCUT2D eigenvalue weighted by molar-refractivity contribution is 4.45. The van der Waals surface area contributed by atoms with Crippen LogP contribution >= 0.6 is 0 Å². The van der Waals surface area contributed by atoms with E-state index < -0.39 is 0 Å². The summed E-state index contributed by atoms with van der Waals surface area (Å²) in [6, 6.07) is 0. The smallest absolute Gasteiger partial charge is 0.0844 e. The fourth-order valence-electron chi connectivity index (χ4n) is 0.236. The zero-order valence-electron chi connectivity index (χ0n) is 7.30. The monoisotopic (exact) mass is 162 g/mol. The molecule has 0 saturated carbocycles. The van der Waals surface area contributed by atoms with Crippen LogP contribution in [0.25, 0.3) is 0 Å². The van der Waals surface area contributed by atoms with Crippen molar-refractivity contribution in [2.75, 3.05) is 13.2 Å². The summed E-state index contributed by atoms with van der Waals surface area (Å²) in [5.41, 5.74) is 0. The molecule has 0 unspecified atom stereocenters. The number of hydrogen-bond acceptors (Lipinski definition) is 2. The molecule has 0 heterocycles. The minimum absolute atomic E-state index is 0. The molecule has 11 heavy (non-hydrogen) atoms. The number of ether oxygens (including phenoxy) is 2. The Morgan fingerprint density at radius 3 is 1.27 bits per heavy atom. The van der Waals surface area contributed by atoms with Gasteiger partial charge in [0, 0.05) is 0 Å². The molecule has 0 rings (SSSR count). The molecule has 68 valence electrons. The number of hydrogen-bond donors (Lipinski definition) is 0. The van der Waals surface area contributed by atoms with Crippen LogP contribution in [-0.2, 0) is 9.47 Å². The van der Waals surface area contributed by atoms with Crippen molar-refractivity contribution < 1.29 is 14.9 Å². The molecule has 0 aromatic rings. The van der Waals surface area contributed by atoms with Crippen molar-refractivity contribution in [1.29, 1.82) is 0 Å². The van der Waals surface area contributed by atoms with Gasteiger partial charge in [-0.15, -0.1) is 0 Å². The average Bonchev–Trinajstić information content (AvgIpc) is 1.93. The van der Waals surface area contributed by atoms with Gasteiger partial charge >= 0.3 is 0 Å². The van der Waals surface area contributed by atoms with Gasteiger partial charge in [0.1, 0.15) is 0 Å². The van der Waals surface area contributed by atoms with Crippen LogP contribution in [0.1, 0.15) is 13.8 Å². The molecular weight excluding hydrogens is 144 g/mol. The molecule has 0 spiro atoms. The summed E-state index contributed by atoms with van der Waals surface area (Å²) < 4.78 is 9.19. The Morgan fingerprint density at radius 1 is 1.00 bits per heavy atom. The maximum Gasteiger partial charge on any atom is 0.0844 e. The minimum atomic E-state index is 0. The standard InChI is InChI=1S/2C4H8O.H2O/c2*1-3-5-4-2;/h2*3H,1,4H2,2H3;1H2. The van der Waals surface area contributed by atoms with Gasteiger partial charge in [0.05, 0.1) is 25.7 Å². The van der Waals surface area contributed by atoms with Gasteiger partial charge in [-0.3, -0.25) is 0 Å². The topological polar surface area (TPSA) is 50.0 Å². The lowest BCUT2D eigenvalue weighted by Gasteiger charge is -1.84. The summed E-state index contributed by atoms with van der Waals surface area (Å²) >= 11 is 0. The van der Waals surface area contributed by atoms with Crippen LogP contribution in [0.4, 0.5) is 0 Å². The van der Waals surface area contributed by atoms with Crippen molar-refractivity contribution >= 4 is 0 Å². The van der Waals surface area contributed by atoms with Crippen LogP contribution in [0.2, 0.25) is 0 Å². The molecule has 3 heteroatoms. The fourth-order valence-corrected chi connectivity index (χ4v) is 0.236. The van der Waals surface area contributed by atoms with Crippen molar-refractivity contribution in [3.63, 3.8) is 0 Å². The predicted octanol–water partition coefficient (Wildman–Crippen LogP) is 1.51. The second-order valence-electron chi connectivity index (χ2n) is 1.24. The number of rotatable bonds is 4. The minimum Gasteiger partial charge on any atom is -0.502 e. The molecule has 0 aliphatic carbocycles. The van der Waals surface area contributed by atoms with Gasteiger partial charge in [-0.1, -0.05) is 13.2 Å². The Balaban J connectivity index is -0.000000107. The molecule has 0 aliphatic rings. The Labute approximate surface area is 68.6 Å². The van der Waals surface area contributed by atoms with Gasteiger partial charge in [0.15, 0.2) is 0 Å². The van der Waals surface area contributed by atoms with Crippen LogP contribution in [-0.4, -0.2) is 18.7 Å². The third-order valence-electron chi connectivity index (χ3n) is 0.569. The van der Waals surface area contributed by atoms with E-state index in [9.17, 15) is 0 Å². The quantitative estimate of drug-likeness (QED) is 0.588.